The molecule has 5 heteroatoms. The monoisotopic (exact) mass is 379 g/mol. The molecular weight excluding hydrogens is 354 g/mol. The molecule has 1 amide bonds. The summed E-state index contributed by atoms with van der Waals surface area (Å²) in [5.41, 5.74) is 5.10. The Bertz CT molecular complexity index is 902. The number of amides is 1. The molecule has 0 atom stereocenters. The van der Waals surface area contributed by atoms with Crippen LogP contribution in [0.25, 0.3) is 10.6 Å². The topological polar surface area (TPSA) is 45.2 Å². The summed E-state index contributed by atoms with van der Waals surface area (Å²) in [5.74, 6) is -0.0514. The molecule has 0 aliphatic carbocycles. The molecule has 0 saturated heterocycles. The van der Waals surface area contributed by atoms with E-state index in [1.807, 2.05) is 36.7 Å². The van der Waals surface area contributed by atoms with Crippen LogP contribution < -0.4 is 10.2 Å². The Hall–Kier alpha value is -2.66. The second kappa shape index (κ2) is 8.82. The van der Waals surface area contributed by atoms with E-state index >= 15 is 0 Å². The molecule has 3 rings (SSSR count). The highest BCUT2D eigenvalue weighted by Gasteiger charge is 2.10. The van der Waals surface area contributed by atoms with Gasteiger partial charge in [0.05, 0.1) is 12.1 Å². The lowest BCUT2D eigenvalue weighted by molar-refractivity contribution is -0.115. The highest BCUT2D eigenvalue weighted by Crippen LogP contribution is 2.25. The smallest absolute Gasteiger partial charge is 0.230 e. The fourth-order valence-electron chi connectivity index (χ4n) is 2.78. The third-order valence-electron chi connectivity index (χ3n) is 4.55. The fourth-order valence-corrected chi connectivity index (χ4v) is 3.60. The van der Waals surface area contributed by atoms with Crippen molar-refractivity contribution in [3.63, 3.8) is 0 Å². The summed E-state index contributed by atoms with van der Waals surface area (Å²) in [6, 6.07) is 16.3. The number of hydrogen-bond acceptors (Lipinski definition) is 4. The lowest BCUT2D eigenvalue weighted by Gasteiger charge is -2.17. The minimum absolute atomic E-state index is 0.0514. The van der Waals surface area contributed by atoms with Gasteiger partial charge in [-0.15, -0.1) is 11.3 Å². The van der Waals surface area contributed by atoms with E-state index in [9.17, 15) is 4.79 Å². The number of nitrogens with one attached hydrogen (secondary N) is 1. The third-order valence-corrected chi connectivity index (χ3v) is 5.49. The number of nitrogens with zero attached hydrogens (tertiary/aromatic N) is 2. The first kappa shape index (κ1) is 19.1. The molecule has 2 aromatic carbocycles. The van der Waals surface area contributed by atoms with E-state index in [0.29, 0.717) is 0 Å². The predicted molar refractivity (Wildman–Crippen MR) is 115 cm³/mol. The molecular formula is C22H25N3OS. The number of carbonyl (C=O) groups excluding carboxylic acids is 1. The standard InChI is InChI=1S/C22H25N3OS/c1-4-16-9-11-17(12-10-16)22-24-19(15-27-22)14-21(26)23-18-7-6-8-20(13-18)25(3)5-2/h6-13,15H,4-5,14H2,1-3H3,(H,23,26). The zero-order valence-corrected chi connectivity index (χ0v) is 16.8. The van der Waals surface area contributed by atoms with Crippen LogP contribution in [0.2, 0.25) is 0 Å². The van der Waals surface area contributed by atoms with Crippen LogP contribution in [0.15, 0.2) is 53.9 Å². The van der Waals surface area contributed by atoms with Gasteiger partial charge in [-0.1, -0.05) is 37.3 Å². The Morgan fingerprint density at radius 3 is 2.63 bits per heavy atom. The summed E-state index contributed by atoms with van der Waals surface area (Å²) in [5, 5.41) is 5.89. The molecule has 1 N–H and O–H groups in total. The van der Waals surface area contributed by atoms with Crippen LogP contribution in [0.4, 0.5) is 11.4 Å². The van der Waals surface area contributed by atoms with E-state index in [1.165, 1.54) is 5.56 Å². The van der Waals surface area contributed by atoms with Crippen molar-refractivity contribution >= 4 is 28.6 Å². The predicted octanol–water partition coefficient (Wildman–Crippen LogP) is 5.01. The average molecular weight is 380 g/mol. The number of rotatable bonds is 7. The molecule has 0 fully saturated rings. The van der Waals surface area contributed by atoms with Crippen molar-refractivity contribution in [1.29, 1.82) is 0 Å². The summed E-state index contributed by atoms with van der Waals surface area (Å²) >= 11 is 1.58. The van der Waals surface area contributed by atoms with E-state index < -0.39 is 0 Å². The molecule has 0 aliphatic rings. The van der Waals surface area contributed by atoms with Gasteiger partial charge in [-0.3, -0.25) is 4.79 Å². The maximum Gasteiger partial charge on any atom is 0.230 e. The zero-order chi connectivity index (χ0) is 19.2. The Balaban J connectivity index is 1.64. The molecule has 27 heavy (non-hydrogen) atoms. The van der Waals surface area contributed by atoms with Crippen LogP contribution in [0.5, 0.6) is 0 Å². The highest BCUT2D eigenvalue weighted by atomic mass is 32.1. The van der Waals surface area contributed by atoms with Gasteiger partial charge in [-0.05, 0) is 37.1 Å². The van der Waals surface area contributed by atoms with Crippen molar-refractivity contribution in [3.05, 3.63) is 65.2 Å². The van der Waals surface area contributed by atoms with Crippen LogP contribution in [0.1, 0.15) is 25.1 Å². The molecule has 0 radical (unpaired) electrons. The normalized spacial score (nSPS) is 10.6. The number of carbonyl (C=O) groups is 1. The number of anilines is 2. The second-order valence-corrected chi connectivity index (χ2v) is 7.34. The molecule has 0 unspecified atom stereocenters. The first-order valence-electron chi connectivity index (χ1n) is 9.23. The summed E-state index contributed by atoms with van der Waals surface area (Å²) < 4.78 is 0. The lowest BCUT2D eigenvalue weighted by atomic mass is 10.1. The van der Waals surface area contributed by atoms with E-state index in [2.05, 4.69) is 53.3 Å². The van der Waals surface area contributed by atoms with Crippen molar-refractivity contribution in [1.82, 2.24) is 4.98 Å². The number of aromatic nitrogens is 1. The van der Waals surface area contributed by atoms with Gasteiger partial charge in [0.15, 0.2) is 0 Å². The molecule has 0 spiro atoms. The van der Waals surface area contributed by atoms with E-state index in [4.69, 9.17) is 0 Å². The summed E-state index contributed by atoms with van der Waals surface area (Å²) in [6.45, 7) is 5.16. The summed E-state index contributed by atoms with van der Waals surface area (Å²) in [4.78, 5) is 19.2. The largest absolute Gasteiger partial charge is 0.375 e. The van der Waals surface area contributed by atoms with Gasteiger partial charge in [0.2, 0.25) is 5.91 Å². The second-order valence-electron chi connectivity index (χ2n) is 6.48. The molecule has 1 aromatic heterocycles. The van der Waals surface area contributed by atoms with Crippen molar-refractivity contribution in [2.24, 2.45) is 0 Å². The van der Waals surface area contributed by atoms with Gasteiger partial charge in [0.1, 0.15) is 5.01 Å². The Morgan fingerprint density at radius 1 is 1.15 bits per heavy atom. The molecule has 4 nitrogen and oxygen atoms in total. The quantitative estimate of drug-likeness (QED) is 0.628. The minimum Gasteiger partial charge on any atom is -0.375 e. The van der Waals surface area contributed by atoms with Crippen molar-refractivity contribution in [2.75, 3.05) is 23.8 Å². The maximum absolute atomic E-state index is 12.4. The van der Waals surface area contributed by atoms with Gasteiger partial charge < -0.3 is 10.2 Å². The zero-order valence-electron chi connectivity index (χ0n) is 16.0. The molecule has 1 heterocycles. The molecule has 0 saturated carbocycles. The van der Waals surface area contributed by atoms with Crippen LogP contribution in [-0.4, -0.2) is 24.5 Å². The SMILES string of the molecule is CCc1ccc(-c2nc(CC(=O)Nc3cccc(N(C)CC)c3)cs2)cc1. The Kier molecular flexibility index (Phi) is 6.24. The molecule has 0 aliphatic heterocycles. The number of thiazole rings is 1. The third kappa shape index (κ3) is 4.95. The molecule has 3 aromatic rings. The Labute approximate surface area is 164 Å². The van der Waals surface area contributed by atoms with Gasteiger partial charge in [-0.25, -0.2) is 4.98 Å². The van der Waals surface area contributed by atoms with Crippen LogP contribution in [0, 0.1) is 0 Å². The van der Waals surface area contributed by atoms with Crippen LogP contribution in [-0.2, 0) is 17.6 Å². The van der Waals surface area contributed by atoms with Crippen LogP contribution >= 0.6 is 11.3 Å². The average Bonchev–Trinajstić information content (AvgIpc) is 3.15. The Morgan fingerprint density at radius 2 is 1.93 bits per heavy atom. The molecule has 140 valence electrons. The molecule has 0 bridgehead atoms. The maximum atomic E-state index is 12.4. The number of benzene rings is 2. The minimum atomic E-state index is -0.0514. The van der Waals surface area contributed by atoms with Gasteiger partial charge in [-0.2, -0.15) is 0 Å². The number of aryl methyl sites for hydroxylation is 1. The summed E-state index contributed by atoms with van der Waals surface area (Å²) in [6.07, 6.45) is 1.30. The van der Waals surface area contributed by atoms with E-state index in [-0.39, 0.29) is 12.3 Å². The van der Waals surface area contributed by atoms with Gasteiger partial charge in [0, 0.05) is 35.9 Å². The lowest BCUT2D eigenvalue weighted by Crippen LogP contribution is -2.17. The number of hydrogen-bond donors (Lipinski definition) is 1. The van der Waals surface area contributed by atoms with Crippen molar-refractivity contribution in [2.45, 2.75) is 26.7 Å². The fraction of sp³-hybridized carbons (Fsp3) is 0.273. The van der Waals surface area contributed by atoms with E-state index in [1.54, 1.807) is 11.3 Å². The van der Waals surface area contributed by atoms with Crippen LogP contribution in [0.3, 0.4) is 0 Å². The summed E-state index contributed by atoms with van der Waals surface area (Å²) in [7, 11) is 2.03. The van der Waals surface area contributed by atoms with Gasteiger partial charge in [0.25, 0.3) is 0 Å². The van der Waals surface area contributed by atoms with Crippen molar-refractivity contribution < 1.29 is 4.79 Å². The van der Waals surface area contributed by atoms with E-state index in [0.717, 1.165) is 40.6 Å². The first-order chi connectivity index (χ1) is 13.1. The highest BCUT2D eigenvalue weighted by molar-refractivity contribution is 7.13. The van der Waals surface area contributed by atoms with Gasteiger partial charge >= 0.3 is 0 Å². The van der Waals surface area contributed by atoms with Crippen molar-refractivity contribution in [3.8, 4) is 10.6 Å². The first-order valence-corrected chi connectivity index (χ1v) is 10.1.